The van der Waals surface area contributed by atoms with Gasteiger partial charge in [-0.1, -0.05) is 66.7 Å². The molecule has 0 saturated heterocycles. The van der Waals surface area contributed by atoms with Crippen LogP contribution in [0.15, 0.2) is 72.8 Å². The van der Waals surface area contributed by atoms with E-state index in [0.29, 0.717) is 5.56 Å². The summed E-state index contributed by atoms with van der Waals surface area (Å²) in [5.41, 5.74) is 4.50. The maximum atomic E-state index is 12.7. The van der Waals surface area contributed by atoms with E-state index in [1.807, 2.05) is 79.7 Å². The molecule has 3 aromatic rings. The molecule has 3 aromatic carbocycles. The molecule has 0 bridgehead atoms. The second-order valence-electron chi connectivity index (χ2n) is 5.54. The van der Waals surface area contributed by atoms with Gasteiger partial charge >= 0.3 is 5.97 Å². The Morgan fingerprint density at radius 3 is 2.29 bits per heavy atom. The van der Waals surface area contributed by atoms with Gasteiger partial charge in [-0.2, -0.15) is 0 Å². The molecule has 0 aliphatic heterocycles. The van der Waals surface area contributed by atoms with E-state index in [2.05, 4.69) is 22.6 Å². The van der Waals surface area contributed by atoms with Crippen LogP contribution >= 0.6 is 22.6 Å². The fraction of sp³-hybridized carbons (Fsp3) is 0.0952. The molecule has 0 heterocycles. The lowest BCUT2D eigenvalue weighted by molar-refractivity contribution is 0.0473. The second-order valence-corrected chi connectivity index (χ2v) is 6.70. The topological polar surface area (TPSA) is 26.3 Å². The summed E-state index contributed by atoms with van der Waals surface area (Å²) < 4.78 is 6.66. The van der Waals surface area contributed by atoms with Gasteiger partial charge < -0.3 is 4.74 Å². The molecule has 3 rings (SSSR count). The van der Waals surface area contributed by atoms with Crippen molar-refractivity contribution in [2.24, 2.45) is 0 Å². The van der Waals surface area contributed by atoms with Gasteiger partial charge in [0.15, 0.2) is 0 Å². The van der Waals surface area contributed by atoms with E-state index in [1.54, 1.807) is 0 Å². The number of hydrogen-bond donors (Lipinski definition) is 0. The minimum absolute atomic E-state index is 0.277. The zero-order valence-corrected chi connectivity index (χ0v) is 15.5. The smallest absolute Gasteiger partial charge is 0.339 e. The Morgan fingerprint density at radius 2 is 1.54 bits per heavy atom. The molecule has 3 heteroatoms. The summed E-state index contributed by atoms with van der Waals surface area (Å²) in [5.74, 6) is -0.286. The molecule has 0 unspecified atom stereocenters. The number of ether oxygens (including phenoxy) is 1. The van der Waals surface area contributed by atoms with Crippen LogP contribution in [0.25, 0.3) is 11.1 Å². The SMILES string of the molecule is Cc1cccc(-c2ccccc2I)c1C(=O)OCc1ccccc1. The molecule has 0 amide bonds. The Labute approximate surface area is 155 Å². The number of halogens is 1. The lowest BCUT2D eigenvalue weighted by Gasteiger charge is -2.13. The number of carbonyl (C=O) groups is 1. The monoisotopic (exact) mass is 428 g/mol. The van der Waals surface area contributed by atoms with Crippen molar-refractivity contribution >= 4 is 28.6 Å². The summed E-state index contributed by atoms with van der Waals surface area (Å²) in [6, 6.07) is 23.7. The molecule has 0 fully saturated rings. The number of carbonyl (C=O) groups excluding carboxylic acids is 1. The van der Waals surface area contributed by atoms with Gasteiger partial charge in [0.05, 0.1) is 5.56 Å². The van der Waals surface area contributed by atoms with E-state index in [1.165, 1.54) is 0 Å². The molecule has 0 spiro atoms. The zero-order chi connectivity index (χ0) is 16.9. The fourth-order valence-electron chi connectivity index (χ4n) is 2.64. The average molecular weight is 428 g/mol. The molecule has 0 radical (unpaired) electrons. The summed E-state index contributed by atoms with van der Waals surface area (Å²) >= 11 is 2.29. The largest absolute Gasteiger partial charge is 0.457 e. The van der Waals surface area contributed by atoms with E-state index in [9.17, 15) is 4.79 Å². The van der Waals surface area contributed by atoms with Gasteiger partial charge in [0.2, 0.25) is 0 Å². The van der Waals surface area contributed by atoms with Crippen molar-refractivity contribution < 1.29 is 9.53 Å². The lowest BCUT2D eigenvalue weighted by atomic mass is 9.96. The van der Waals surface area contributed by atoms with E-state index >= 15 is 0 Å². The predicted octanol–water partition coefficient (Wildman–Crippen LogP) is 5.62. The van der Waals surface area contributed by atoms with Crippen molar-refractivity contribution in [2.45, 2.75) is 13.5 Å². The molecule has 120 valence electrons. The summed E-state index contributed by atoms with van der Waals surface area (Å²) in [6.07, 6.45) is 0. The van der Waals surface area contributed by atoms with Gasteiger partial charge in [-0.15, -0.1) is 0 Å². The Kier molecular flexibility index (Phi) is 5.30. The van der Waals surface area contributed by atoms with Gasteiger partial charge in [0, 0.05) is 3.57 Å². The van der Waals surface area contributed by atoms with Crippen molar-refractivity contribution in [3.63, 3.8) is 0 Å². The zero-order valence-electron chi connectivity index (χ0n) is 13.3. The third-order valence-corrected chi connectivity index (χ3v) is 4.79. The van der Waals surface area contributed by atoms with Gasteiger partial charge in [-0.25, -0.2) is 4.79 Å². The molecular formula is C21H17IO2. The van der Waals surface area contributed by atoms with Crippen LogP contribution in [0.1, 0.15) is 21.5 Å². The molecule has 0 aliphatic carbocycles. The van der Waals surface area contributed by atoms with Crippen molar-refractivity contribution in [3.05, 3.63) is 93.1 Å². The molecule has 24 heavy (non-hydrogen) atoms. The Morgan fingerprint density at radius 1 is 0.875 bits per heavy atom. The molecule has 2 nitrogen and oxygen atoms in total. The first-order valence-corrected chi connectivity index (χ1v) is 8.80. The highest BCUT2D eigenvalue weighted by Crippen LogP contribution is 2.30. The van der Waals surface area contributed by atoms with Gasteiger partial charge in [0.1, 0.15) is 6.61 Å². The van der Waals surface area contributed by atoms with Gasteiger partial charge in [0.25, 0.3) is 0 Å². The number of hydrogen-bond acceptors (Lipinski definition) is 2. The quantitative estimate of drug-likeness (QED) is 0.398. The molecule has 0 aliphatic rings. The summed E-state index contributed by atoms with van der Waals surface area (Å²) in [4.78, 5) is 12.7. The van der Waals surface area contributed by atoms with Crippen LogP contribution in [0.2, 0.25) is 0 Å². The van der Waals surface area contributed by atoms with Crippen molar-refractivity contribution in [1.82, 2.24) is 0 Å². The molecule has 0 aromatic heterocycles. The third kappa shape index (κ3) is 3.67. The normalized spacial score (nSPS) is 10.4. The molecule has 0 N–H and O–H groups in total. The average Bonchev–Trinajstić information content (AvgIpc) is 2.61. The fourth-order valence-corrected chi connectivity index (χ4v) is 3.32. The first-order chi connectivity index (χ1) is 11.7. The van der Waals surface area contributed by atoms with E-state index in [4.69, 9.17) is 4.74 Å². The predicted molar refractivity (Wildman–Crippen MR) is 105 cm³/mol. The van der Waals surface area contributed by atoms with E-state index < -0.39 is 0 Å². The first kappa shape index (κ1) is 16.7. The van der Waals surface area contributed by atoms with Crippen molar-refractivity contribution in [2.75, 3.05) is 0 Å². The first-order valence-electron chi connectivity index (χ1n) is 7.72. The van der Waals surface area contributed by atoms with Crippen molar-refractivity contribution in [1.29, 1.82) is 0 Å². The van der Waals surface area contributed by atoms with Crippen LogP contribution in [-0.2, 0) is 11.3 Å². The lowest BCUT2D eigenvalue weighted by Crippen LogP contribution is -2.09. The highest BCUT2D eigenvalue weighted by molar-refractivity contribution is 14.1. The summed E-state index contributed by atoms with van der Waals surface area (Å²) in [5, 5.41) is 0. The van der Waals surface area contributed by atoms with E-state index in [-0.39, 0.29) is 12.6 Å². The number of benzene rings is 3. The maximum absolute atomic E-state index is 12.7. The summed E-state index contributed by atoms with van der Waals surface area (Å²) in [7, 11) is 0. The number of esters is 1. The Hall–Kier alpha value is -2.14. The van der Waals surface area contributed by atoms with Crippen LogP contribution in [0, 0.1) is 10.5 Å². The van der Waals surface area contributed by atoms with Crippen LogP contribution in [-0.4, -0.2) is 5.97 Å². The second kappa shape index (κ2) is 7.62. The van der Waals surface area contributed by atoms with E-state index in [0.717, 1.165) is 25.8 Å². The minimum atomic E-state index is -0.286. The molecular weight excluding hydrogens is 411 g/mol. The minimum Gasteiger partial charge on any atom is -0.457 e. The van der Waals surface area contributed by atoms with Crippen molar-refractivity contribution in [3.8, 4) is 11.1 Å². The maximum Gasteiger partial charge on any atom is 0.339 e. The molecule has 0 saturated carbocycles. The van der Waals surface area contributed by atoms with Crippen LogP contribution in [0.5, 0.6) is 0 Å². The Balaban J connectivity index is 1.93. The van der Waals surface area contributed by atoms with Crippen LogP contribution < -0.4 is 0 Å². The Bertz CT molecular complexity index is 857. The highest BCUT2D eigenvalue weighted by Gasteiger charge is 2.18. The molecule has 0 atom stereocenters. The number of rotatable bonds is 4. The summed E-state index contributed by atoms with van der Waals surface area (Å²) in [6.45, 7) is 2.22. The van der Waals surface area contributed by atoms with Crippen LogP contribution in [0.4, 0.5) is 0 Å². The standard InChI is InChI=1S/C21H17IO2/c1-15-8-7-12-18(17-11-5-6-13-19(17)22)20(15)21(23)24-14-16-9-3-2-4-10-16/h2-13H,14H2,1H3. The highest BCUT2D eigenvalue weighted by atomic mass is 127. The third-order valence-electron chi connectivity index (χ3n) is 3.85. The number of aryl methyl sites for hydroxylation is 1. The van der Waals surface area contributed by atoms with Gasteiger partial charge in [-0.05, 0) is 57.8 Å². The van der Waals surface area contributed by atoms with Gasteiger partial charge in [-0.3, -0.25) is 0 Å². The van der Waals surface area contributed by atoms with Crippen LogP contribution in [0.3, 0.4) is 0 Å².